The molecule has 76 heavy (non-hydrogen) atoms. The van der Waals surface area contributed by atoms with Crippen molar-refractivity contribution in [3.05, 3.63) is 218 Å². The molecule has 0 N–H and O–H groups in total. The van der Waals surface area contributed by atoms with Crippen LogP contribution in [0.25, 0.3) is 159 Å². The van der Waals surface area contributed by atoms with Gasteiger partial charge in [-0.3, -0.25) is 4.98 Å². The maximum absolute atomic E-state index is 12.8. The van der Waals surface area contributed by atoms with Gasteiger partial charge in [-0.25, -0.2) is 0 Å². The fraction of sp³-hybridized carbons (Fsp3) is 0. The van der Waals surface area contributed by atoms with Crippen molar-refractivity contribution in [3.8, 4) is 40.3 Å². The van der Waals surface area contributed by atoms with Crippen LogP contribution in [0.2, 0.25) is 0 Å². The molecule has 0 unspecified atom stereocenters. The summed E-state index contributed by atoms with van der Waals surface area (Å²) in [6.07, 6.45) is 3.54. The van der Waals surface area contributed by atoms with Gasteiger partial charge in [-0.2, -0.15) is 10.5 Å². The number of furan rings is 3. The predicted octanol–water partition coefficient (Wildman–Crippen LogP) is 17.5. The number of nitriles is 2. The summed E-state index contributed by atoms with van der Waals surface area (Å²) in [4.78, 5) is 4.74. The first-order valence-electron chi connectivity index (χ1n) is 25.1. The molecule has 350 valence electrons. The number of nitrogens with zero attached hydrogens (tertiary/aromatic N) is 6. The van der Waals surface area contributed by atoms with Crippen molar-refractivity contribution in [2.45, 2.75) is 0 Å². The van der Waals surface area contributed by atoms with Crippen LogP contribution in [0, 0.1) is 22.7 Å². The number of para-hydroxylation sites is 6. The normalized spacial score (nSPS) is 12.2. The van der Waals surface area contributed by atoms with Gasteiger partial charge in [-0.1, -0.05) is 115 Å². The van der Waals surface area contributed by atoms with Gasteiger partial charge in [0.25, 0.3) is 0 Å². The monoisotopic (exact) mass is 970 g/mol. The van der Waals surface area contributed by atoms with Crippen molar-refractivity contribution in [1.29, 1.82) is 10.5 Å². The standard InChI is InChI=1S/C67H34N6O3/c68-34-47-58(37-14-13-33-70-36-37)65(71-49-21-7-1-15-38(49)41-27-30-55-59(62(41)71)44-18-4-10-24-52(44)74-55)48(35-69)67(73-51-23-9-3-17-40(51)43-29-32-57-61(64(43)73)46-20-6-12-26-54(46)76-57)66(47)72-50-22-8-2-16-39(50)42-28-31-56-60(63(42)72)45-19-5-11-25-53(45)75-56/h1-33,36H. The SMILES string of the molecule is N#Cc1c(-c2cccnc2)c(-n2c3ccccc3c3ccc4oc5ccccc5c4c32)c(C#N)c(-n2c3ccccc3c3ccc4oc5ccccc5c4c32)c1-n1c2ccccc2c2ccc3oc4ccccc4c3c21. The van der Waals surface area contributed by atoms with Crippen LogP contribution in [0.3, 0.4) is 0 Å². The van der Waals surface area contributed by atoms with E-state index >= 15 is 0 Å². The van der Waals surface area contributed by atoms with E-state index in [1.165, 1.54) is 0 Å². The van der Waals surface area contributed by atoms with Gasteiger partial charge >= 0.3 is 0 Å². The molecular weight excluding hydrogens is 937 g/mol. The lowest BCUT2D eigenvalue weighted by atomic mass is 9.91. The second-order valence-electron chi connectivity index (χ2n) is 19.5. The average molecular weight is 971 g/mol. The molecule has 0 saturated heterocycles. The first kappa shape index (κ1) is 40.7. The molecule has 0 saturated carbocycles. The van der Waals surface area contributed by atoms with Crippen LogP contribution in [0.5, 0.6) is 0 Å². The number of aromatic nitrogens is 4. The summed E-state index contributed by atoms with van der Waals surface area (Å²) in [5, 5.41) is 36.8. The highest BCUT2D eigenvalue weighted by Crippen LogP contribution is 2.52. The third-order valence-electron chi connectivity index (χ3n) is 15.8. The van der Waals surface area contributed by atoms with Crippen molar-refractivity contribution >= 4 is 131 Å². The molecule has 9 heteroatoms. The molecule has 7 heterocycles. The van der Waals surface area contributed by atoms with Gasteiger partial charge in [0, 0.05) is 72.0 Å². The zero-order valence-corrected chi connectivity index (χ0v) is 40.0. The van der Waals surface area contributed by atoms with Crippen molar-refractivity contribution in [1.82, 2.24) is 18.7 Å². The third-order valence-corrected chi connectivity index (χ3v) is 15.8. The zero-order chi connectivity index (χ0) is 49.9. The summed E-state index contributed by atoms with van der Waals surface area (Å²) in [6, 6.07) is 71.5. The van der Waals surface area contributed by atoms with Gasteiger partial charge in [-0.05, 0) is 78.9 Å². The Morgan fingerprint density at radius 3 is 1.09 bits per heavy atom. The fourth-order valence-electron chi connectivity index (χ4n) is 12.9. The number of hydrogen-bond acceptors (Lipinski definition) is 6. The highest BCUT2D eigenvalue weighted by molar-refractivity contribution is 6.28. The molecule has 0 aliphatic rings. The topological polar surface area (TPSA) is 115 Å². The van der Waals surface area contributed by atoms with E-state index in [0.29, 0.717) is 56.1 Å². The first-order chi connectivity index (χ1) is 37.7. The second kappa shape index (κ2) is 14.9. The largest absolute Gasteiger partial charge is 0.456 e. The summed E-state index contributed by atoms with van der Waals surface area (Å²) in [6.45, 7) is 0. The van der Waals surface area contributed by atoms with Crippen molar-refractivity contribution < 1.29 is 13.3 Å². The molecule has 0 atom stereocenters. The van der Waals surface area contributed by atoms with E-state index in [1.54, 1.807) is 12.4 Å². The number of rotatable bonds is 4. The van der Waals surface area contributed by atoms with E-state index in [2.05, 4.69) is 111 Å². The van der Waals surface area contributed by atoms with Gasteiger partial charge in [0.1, 0.15) is 51.2 Å². The van der Waals surface area contributed by atoms with Crippen LogP contribution in [-0.4, -0.2) is 18.7 Å². The van der Waals surface area contributed by atoms with Crippen LogP contribution in [-0.2, 0) is 0 Å². The second-order valence-corrected chi connectivity index (χ2v) is 19.5. The highest BCUT2D eigenvalue weighted by Gasteiger charge is 2.35. The lowest BCUT2D eigenvalue weighted by Gasteiger charge is -2.26. The molecule has 0 amide bonds. The minimum atomic E-state index is 0.336. The number of hydrogen-bond donors (Lipinski definition) is 0. The number of benzene rings is 10. The van der Waals surface area contributed by atoms with E-state index in [1.807, 2.05) is 109 Å². The summed E-state index contributed by atoms with van der Waals surface area (Å²) in [7, 11) is 0. The molecule has 7 aromatic heterocycles. The smallest absolute Gasteiger partial charge is 0.137 e. The summed E-state index contributed by atoms with van der Waals surface area (Å²) < 4.78 is 26.7. The Morgan fingerprint density at radius 2 is 0.697 bits per heavy atom. The van der Waals surface area contributed by atoms with Crippen LogP contribution in [0.1, 0.15) is 11.1 Å². The van der Waals surface area contributed by atoms with E-state index < -0.39 is 0 Å². The fourth-order valence-corrected chi connectivity index (χ4v) is 12.9. The molecule has 0 radical (unpaired) electrons. The van der Waals surface area contributed by atoms with Gasteiger partial charge in [0.2, 0.25) is 0 Å². The molecule has 9 nitrogen and oxygen atoms in total. The van der Waals surface area contributed by atoms with Gasteiger partial charge in [0.05, 0.1) is 71.9 Å². The lowest BCUT2D eigenvalue weighted by molar-refractivity contribution is 0.668. The lowest BCUT2D eigenvalue weighted by Crippen LogP contribution is -2.14. The van der Waals surface area contributed by atoms with Crippen LogP contribution in [0.15, 0.2) is 220 Å². The Bertz CT molecular complexity index is 5510. The molecule has 0 aliphatic heterocycles. The molecule has 0 spiro atoms. The third kappa shape index (κ3) is 5.12. The molecular formula is C67H34N6O3. The molecule has 17 rings (SSSR count). The Labute approximate surface area is 429 Å². The Morgan fingerprint density at radius 1 is 0.329 bits per heavy atom. The van der Waals surface area contributed by atoms with Gasteiger partial charge in [-0.15, -0.1) is 0 Å². The zero-order valence-electron chi connectivity index (χ0n) is 40.0. The number of fused-ring (bicyclic) bond motifs is 21. The summed E-state index contributed by atoms with van der Waals surface area (Å²) >= 11 is 0. The Hall–Kier alpha value is -10.9. The van der Waals surface area contributed by atoms with E-state index in [-0.39, 0.29) is 0 Å². The van der Waals surface area contributed by atoms with E-state index in [4.69, 9.17) is 18.2 Å². The molecule has 0 bridgehead atoms. The maximum Gasteiger partial charge on any atom is 0.137 e. The first-order valence-corrected chi connectivity index (χ1v) is 25.1. The summed E-state index contributed by atoms with van der Waals surface area (Å²) in [5.74, 6) is 0. The minimum absolute atomic E-state index is 0.336. The Balaban J connectivity index is 1.21. The van der Waals surface area contributed by atoms with Crippen LogP contribution < -0.4 is 0 Å². The maximum atomic E-state index is 12.8. The van der Waals surface area contributed by atoms with Crippen LogP contribution >= 0.6 is 0 Å². The Kier molecular flexibility index (Phi) is 7.96. The minimum Gasteiger partial charge on any atom is -0.456 e. The quantitative estimate of drug-likeness (QED) is 0.173. The van der Waals surface area contributed by atoms with Crippen molar-refractivity contribution in [3.63, 3.8) is 0 Å². The van der Waals surface area contributed by atoms with Gasteiger partial charge < -0.3 is 27.0 Å². The van der Waals surface area contributed by atoms with Gasteiger partial charge in [0.15, 0.2) is 0 Å². The summed E-state index contributed by atoms with van der Waals surface area (Å²) in [5.41, 5.74) is 12.9. The predicted molar refractivity (Wildman–Crippen MR) is 304 cm³/mol. The molecule has 0 fully saturated rings. The number of pyridine rings is 1. The van der Waals surface area contributed by atoms with Crippen molar-refractivity contribution in [2.24, 2.45) is 0 Å². The van der Waals surface area contributed by atoms with Crippen LogP contribution in [0.4, 0.5) is 0 Å². The van der Waals surface area contributed by atoms with Crippen molar-refractivity contribution in [2.75, 3.05) is 0 Å². The molecule has 10 aromatic carbocycles. The van der Waals surface area contributed by atoms with E-state index in [9.17, 15) is 10.5 Å². The highest BCUT2D eigenvalue weighted by atomic mass is 16.3. The van der Waals surface area contributed by atoms with E-state index in [0.717, 1.165) is 114 Å². The average Bonchev–Trinajstić information content (AvgIpc) is 4.44. The molecule has 0 aliphatic carbocycles. The molecule has 17 aromatic rings.